The highest BCUT2D eigenvalue weighted by molar-refractivity contribution is 5.96. The third-order valence-electron chi connectivity index (χ3n) is 2.49. The summed E-state index contributed by atoms with van der Waals surface area (Å²) in [5.74, 6) is -1.44. The Labute approximate surface area is 115 Å². The van der Waals surface area contributed by atoms with Gasteiger partial charge in [0, 0.05) is 6.54 Å². The van der Waals surface area contributed by atoms with Crippen LogP contribution in [0.15, 0.2) is 24.3 Å². The predicted octanol–water partition coefficient (Wildman–Crippen LogP) is 2.70. The number of aliphatic hydroxyl groups is 1. The van der Waals surface area contributed by atoms with Crippen molar-refractivity contribution < 1.29 is 36.2 Å². The van der Waals surface area contributed by atoms with Crippen LogP contribution in [0, 0.1) is 0 Å². The summed E-state index contributed by atoms with van der Waals surface area (Å²) in [5, 5.41) is 8.68. The Morgan fingerprint density at radius 1 is 1.10 bits per heavy atom. The van der Waals surface area contributed by atoms with Gasteiger partial charge in [0.25, 0.3) is 5.91 Å². The van der Waals surface area contributed by atoms with Gasteiger partial charge in [-0.2, -0.15) is 26.3 Å². The Morgan fingerprint density at radius 3 is 2.14 bits per heavy atom. The number of halogens is 6. The molecular formula is C12H11F6NO2. The van der Waals surface area contributed by atoms with Gasteiger partial charge in [0.15, 0.2) is 0 Å². The molecule has 1 aromatic carbocycles. The van der Waals surface area contributed by atoms with Crippen LogP contribution >= 0.6 is 0 Å². The lowest BCUT2D eigenvalue weighted by Gasteiger charge is -2.24. The van der Waals surface area contributed by atoms with Gasteiger partial charge in [-0.1, -0.05) is 12.1 Å². The standard InChI is InChI=1S/C12H11F6NO2/c13-11(14,15)7-19(5-6-20)10(21)8-3-1-2-4-9(8)12(16,17)18/h1-4,20H,5-7H2. The van der Waals surface area contributed by atoms with Gasteiger partial charge in [-0.25, -0.2) is 0 Å². The number of aliphatic hydroxyl groups excluding tert-OH is 1. The second kappa shape index (κ2) is 6.33. The molecule has 0 spiro atoms. The lowest BCUT2D eigenvalue weighted by molar-refractivity contribution is -0.142. The van der Waals surface area contributed by atoms with Gasteiger partial charge in [0.2, 0.25) is 0 Å². The molecule has 0 aliphatic heterocycles. The van der Waals surface area contributed by atoms with E-state index in [2.05, 4.69) is 0 Å². The average molecular weight is 315 g/mol. The summed E-state index contributed by atoms with van der Waals surface area (Å²) in [6, 6.07) is 3.55. The first kappa shape index (κ1) is 17.3. The first-order chi connectivity index (χ1) is 9.56. The fraction of sp³-hybridized carbons (Fsp3) is 0.417. The predicted molar refractivity (Wildman–Crippen MR) is 60.5 cm³/mol. The van der Waals surface area contributed by atoms with E-state index in [4.69, 9.17) is 5.11 Å². The molecule has 21 heavy (non-hydrogen) atoms. The van der Waals surface area contributed by atoms with Gasteiger partial charge in [0.05, 0.1) is 17.7 Å². The minimum atomic E-state index is -4.87. The van der Waals surface area contributed by atoms with E-state index in [0.717, 1.165) is 18.2 Å². The molecule has 1 amide bonds. The highest BCUT2D eigenvalue weighted by Crippen LogP contribution is 2.32. The van der Waals surface area contributed by atoms with E-state index in [-0.39, 0.29) is 4.90 Å². The summed E-state index contributed by atoms with van der Waals surface area (Å²) >= 11 is 0. The molecule has 1 N–H and O–H groups in total. The van der Waals surface area contributed by atoms with Gasteiger partial charge in [0.1, 0.15) is 6.54 Å². The van der Waals surface area contributed by atoms with E-state index in [1.54, 1.807) is 0 Å². The average Bonchev–Trinajstić information content (AvgIpc) is 2.35. The number of amides is 1. The SMILES string of the molecule is O=C(c1ccccc1C(F)(F)F)N(CCO)CC(F)(F)F. The highest BCUT2D eigenvalue weighted by Gasteiger charge is 2.38. The van der Waals surface area contributed by atoms with E-state index < -0.39 is 49.1 Å². The molecule has 118 valence electrons. The molecule has 0 bridgehead atoms. The smallest absolute Gasteiger partial charge is 0.395 e. The van der Waals surface area contributed by atoms with Gasteiger partial charge < -0.3 is 10.0 Å². The second-order valence-corrected chi connectivity index (χ2v) is 4.11. The van der Waals surface area contributed by atoms with Crippen LogP contribution in [0.5, 0.6) is 0 Å². The van der Waals surface area contributed by atoms with E-state index in [1.165, 1.54) is 0 Å². The lowest BCUT2D eigenvalue weighted by Crippen LogP contribution is -2.41. The summed E-state index contributed by atoms with van der Waals surface area (Å²) in [6.45, 7) is -3.25. The molecule has 0 saturated carbocycles. The van der Waals surface area contributed by atoms with Crippen molar-refractivity contribution in [1.82, 2.24) is 4.90 Å². The summed E-state index contributed by atoms with van der Waals surface area (Å²) in [6.07, 6.45) is -9.65. The lowest BCUT2D eigenvalue weighted by atomic mass is 10.1. The number of rotatable bonds is 4. The van der Waals surface area contributed by atoms with E-state index >= 15 is 0 Å². The maximum Gasteiger partial charge on any atom is 0.417 e. The van der Waals surface area contributed by atoms with E-state index in [0.29, 0.717) is 6.07 Å². The third-order valence-corrected chi connectivity index (χ3v) is 2.49. The molecule has 1 rings (SSSR count). The van der Waals surface area contributed by atoms with Crippen molar-refractivity contribution in [2.75, 3.05) is 19.7 Å². The molecule has 0 heterocycles. The topological polar surface area (TPSA) is 40.5 Å². The van der Waals surface area contributed by atoms with Gasteiger partial charge in [-0.05, 0) is 12.1 Å². The van der Waals surface area contributed by atoms with Crippen molar-refractivity contribution in [3.63, 3.8) is 0 Å². The minimum absolute atomic E-state index is 0.130. The van der Waals surface area contributed by atoms with Crippen molar-refractivity contribution in [1.29, 1.82) is 0 Å². The van der Waals surface area contributed by atoms with Crippen molar-refractivity contribution in [3.05, 3.63) is 35.4 Å². The van der Waals surface area contributed by atoms with Crippen LogP contribution in [0.3, 0.4) is 0 Å². The van der Waals surface area contributed by atoms with Gasteiger partial charge in [-0.15, -0.1) is 0 Å². The van der Waals surface area contributed by atoms with Crippen LogP contribution in [-0.4, -0.2) is 41.8 Å². The molecule has 0 aliphatic rings. The summed E-state index contributed by atoms with van der Waals surface area (Å²) in [7, 11) is 0. The van der Waals surface area contributed by atoms with E-state index in [9.17, 15) is 31.1 Å². The molecule has 0 atom stereocenters. The van der Waals surface area contributed by atoms with E-state index in [1.807, 2.05) is 0 Å². The Bertz CT molecular complexity index is 497. The largest absolute Gasteiger partial charge is 0.417 e. The molecule has 3 nitrogen and oxygen atoms in total. The number of benzene rings is 1. The molecule has 0 aliphatic carbocycles. The first-order valence-corrected chi connectivity index (χ1v) is 5.69. The number of nitrogens with zero attached hydrogens (tertiary/aromatic N) is 1. The number of hydrogen-bond acceptors (Lipinski definition) is 2. The van der Waals surface area contributed by atoms with Crippen LogP contribution in [0.25, 0.3) is 0 Å². The molecule has 9 heteroatoms. The number of carbonyl (C=O) groups is 1. The summed E-state index contributed by atoms with van der Waals surface area (Å²) in [4.78, 5) is 12.0. The van der Waals surface area contributed by atoms with Gasteiger partial charge in [-0.3, -0.25) is 4.79 Å². The molecule has 0 radical (unpaired) electrons. The zero-order chi connectivity index (χ0) is 16.3. The maximum absolute atomic E-state index is 12.8. The quantitative estimate of drug-likeness (QED) is 0.868. The van der Waals surface area contributed by atoms with Crippen molar-refractivity contribution >= 4 is 5.91 Å². The van der Waals surface area contributed by atoms with Crippen molar-refractivity contribution in [3.8, 4) is 0 Å². The highest BCUT2D eigenvalue weighted by atomic mass is 19.4. The van der Waals surface area contributed by atoms with Gasteiger partial charge >= 0.3 is 12.4 Å². The van der Waals surface area contributed by atoms with Crippen LogP contribution in [0.2, 0.25) is 0 Å². The number of carbonyl (C=O) groups excluding carboxylic acids is 1. The minimum Gasteiger partial charge on any atom is -0.395 e. The normalized spacial score (nSPS) is 12.3. The zero-order valence-electron chi connectivity index (χ0n) is 10.5. The Kier molecular flexibility index (Phi) is 5.21. The number of hydrogen-bond donors (Lipinski definition) is 1. The van der Waals surface area contributed by atoms with Crippen LogP contribution in [-0.2, 0) is 6.18 Å². The van der Waals surface area contributed by atoms with Crippen LogP contribution < -0.4 is 0 Å². The van der Waals surface area contributed by atoms with Crippen molar-refractivity contribution in [2.45, 2.75) is 12.4 Å². The molecule has 0 saturated heterocycles. The molecular weight excluding hydrogens is 304 g/mol. The monoisotopic (exact) mass is 315 g/mol. The fourth-order valence-electron chi connectivity index (χ4n) is 1.68. The Morgan fingerprint density at radius 2 is 1.67 bits per heavy atom. The molecule has 0 aromatic heterocycles. The second-order valence-electron chi connectivity index (χ2n) is 4.11. The zero-order valence-corrected chi connectivity index (χ0v) is 10.5. The van der Waals surface area contributed by atoms with Crippen LogP contribution in [0.1, 0.15) is 15.9 Å². The molecule has 0 unspecified atom stereocenters. The molecule has 1 aromatic rings. The first-order valence-electron chi connectivity index (χ1n) is 5.69. The number of alkyl halides is 6. The molecule has 0 fully saturated rings. The Balaban J connectivity index is 3.16. The summed E-state index contributed by atoms with van der Waals surface area (Å²) < 4.78 is 75.3. The van der Waals surface area contributed by atoms with Crippen LogP contribution in [0.4, 0.5) is 26.3 Å². The maximum atomic E-state index is 12.8. The summed E-state index contributed by atoms with van der Waals surface area (Å²) in [5.41, 5.74) is -2.21. The Hall–Kier alpha value is -1.77. The third kappa shape index (κ3) is 4.92. The fourth-order valence-corrected chi connectivity index (χ4v) is 1.68. The van der Waals surface area contributed by atoms with Crippen molar-refractivity contribution in [2.24, 2.45) is 0 Å².